The minimum atomic E-state index is -1.11. The van der Waals surface area contributed by atoms with E-state index in [2.05, 4.69) is 0 Å². The number of carbonyl (C=O) groups is 3. The molecule has 2 heterocycles. The summed E-state index contributed by atoms with van der Waals surface area (Å²) in [7, 11) is 1.66. The Kier molecular flexibility index (Phi) is 3.04. The molecule has 0 aromatic rings. The van der Waals surface area contributed by atoms with E-state index in [4.69, 9.17) is 0 Å². The van der Waals surface area contributed by atoms with Crippen molar-refractivity contribution in [3.05, 3.63) is 0 Å². The van der Waals surface area contributed by atoms with Gasteiger partial charge in [-0.25, -0.2) is 4.79 Å². The van der Waals surface area contributed by atoms with Crippen LogP contribution in [0, 0.1) is 5.92 Å². The second-order valence-electron chi connectivity index (χ2n) is 5.35. The van der Waals surface area contributed by atoms with Crippen LogP contribution in [0.15, 0.2) is 0 Å². The maximum absolute atomic E-state index is 12.3. The summed E-state index contributed by atoms with van der Waals surface area (Å²) in [5.41, 5.74) is -1.11. The monoisotopic (exact) mass is 254 g/mol. The van der Waals surface area contributed by atoms with Crippen LogP contribution in [0.2, 0.25) is 0 Å². The fourth-order valence-electron chi connectivity index (χ4n) is 2.79. The topological polar surface area (TPSA) is 77.9 Å². The fraction of sp³-hybridized carbons (Fsp3) is 0.750. The van der Waals surface area contributed by atoms with Crippen molar-refractivity contribution in [2.45, 2.75) is 31.7 Å². The van der Waals surface area contributed by atoms with Crippen molar-refractivity contribution in [3.63, 3.8) is 0 Å². The Morgan fingerprint density at radius 3 is 2.61 bits per heavy atom. The van der Waals surface area contributed by atoms with E-state index in [-0.39, 0.29) is 24.2 Å². The van der Waals surface area contributed by atoms with Crippen LogP contribution in [0.25, 0.3) is 0 Å². The Bertz CT molecular complexity index is 409. The molecule has 0 aromatic carbocycles. The molecule has 2 aliphatic heterocycles. The lowest BCUT2D eigenvalue weighted by molar-refractivity contribution is -0.156. The average Bonchev–Trinajstić information content (AvgIpc) is 2.84. The van der Waals surface area contributed by atoms with Crippen LogP contribution in [-0.4, -0.2) is 58.4 Å². The average molecular weight is 254 g/mol. The minimum absolute atomic E-state index is 0.0513. The first kappa shape index (κ1) is 12.9. The SMILES string of the molecule is CN1CC(C(=O)N2CCCC2(C)C(=O)O)CC1=O. The number of nitrogens with zero attached hydrogens (tertiary/aromatic N) is 2. The fourth-order valence-corrected chi connectivity index (χ4v) is 2.79. The lowest BCUT2D eigenvalue weighted by Gasteiger charge is -2.32. The summed E-state index contributed by atoms with van der Waals surface area (Å²) in [4.78, 5) is 38.1. The highest BCUT2D eigenvalue weighted by Gasteiger charge is 2.48. The highest BCUT2D eigenvalue weighted by Crippen LogP contribution is 2.32. The molecule has 2 atom stereocenters. The standard InChI is InChI=1S/C12H18N2O4/c1-12(11(17)18)4-3-5-14(12)10(16)8-6-9(15)13(2)7-8/h8H,3-7H2,1-2H3,(H,17,18). The van der Waals surface area contributed by atoms with Gasteiger partial charge in [0.2, 0.25) is 11.8 Å². The van der Waals surface area contributed by atoms with E-state index in [1.54, 1.807) is 14.0 Å². The van der Waals surface area contributed by atoms with Gasteiger partial charge in [-0.15, -0.1) is 0 Å². The molecule has 2 rings (SSSR count). The summed E-state index contributed by atoms with van der Waals surface area (Å²) in [6.45, 7) is 2.45. The van der Waals surface area contributed by atoms with E-state index in [1.807, 2.05) is 0 Å². The number of hydrogen-bond acceptors (Lipinski definition) is 3. The summed E-state index contributed by atoms with van der Waals surface area (Å²) < 4.78 is 0. The van der Waals surface area contributed by atoms with Crippen molar-refractivity contribution in [1.29, 1.82) is 0 Å². The van der Waals surface area contributed by atoms with Crippen LogP contribution in [0.5, 0.6) is 0 Å². The minimum Gasteiger partial charge on any atom is -0.480 e. The number of rotatable bonds is 2. The largest absolute Gasteiger partial charge is 0.480 e. The Morgan fingerprint density at radius 2 is 2.11 bits per heavy atom. The second-order valence-corrected chi connectivity index (χ2v) is 5.35. The predicted octanol–water partition coefficient (Wildman–Crippen LogP) is -0.0696. The van der Waals surface area contributed by atoms with E-state index < -0.39 is 11.5 Å². The maximum atomic E-state index is 12.3. The predicted molar refractivity (Wildman–Crippen MR) is 62.7 cm³/mol. The van der Waals surface area contributed by atoms with Crippen molar-refractivity contribution in [1.82, 2.24) is 9.80 Å². The normalized spacial score (nSPS) is 32.1. The zero-order chi connectivity index (χ0) is 13.5. The van der Waals surface area contributed by atoms with Gasteiger partial charge in [0.25, 0.3) is 0 Å². The van der Waals surface area contributed by atoms with Gasteiger partial charge < -0.3 is 14.9 Å². The van der Waals surface area contributed by atoms with E-state index >= 15 is 0 Å². The first-order valence-electron chi connectivity index (χ1n) is 6.15. The molecule has 0 aromatic heterocycles. The summed E-state index contributed by atoms with van der Waals surface area (Å²) >= 11 is 0. The molecular formula is C12H18N2O4. The summed E-state index contributed by atoms with van der Waals surface area (Å²) in [5.74, 6) is -1.61. The highest BCUT2D eigenvalue weighted by atomic mass is 16.4. The molecular weight excluding hydrogens is 236 g/mol. The Hall–Kier alpha value is -1.59. The third kappa shape index (κ3) is 1.85. The molecule has 0 bridgehead atoms. The molecule has 2 aliphatic rings. The molecule has 6 nitrogen and oxygen atoms in total. The molecule has 0 saturated carbocycles. The van der Waals surface area contributed by atoms with Gasteiger partial charge in [0.05, 0.1) is 5.92 Å². The Labute approximate surface area is 106 Å². The molecule has 6 heteroatoms. The van der Waals surface area contributed by atoms with Crippen LogP contribution in [0.4, 0.5) is 0 Å². The van der Waals surface area contributed by atoms with Crippen molar-refractivity contribution < 1.29 is 19.5 Å². The van der Waals surface area contributed by atoms with Gasteiger partial charge in [-0.3, -0.25) is 9.59 Å². The molecule has 100 valence electrons. The maximum Gasteiger partial charge on any atom is 0.329 e. The molecule has 2 amide bonds. The zero-order valence-corrected chi connectivity index (χ0v) is 10.7. The van der Waals surface area contributed by atoms with Gasteiger partial charge in [-0.2, -0.15) is 0 Å². The first-order chi connectivity index (χ1) is 8.36. The van der Waals surface area contributed by atoms with E-state index in [0.29, 0.717) is 25.9 Å². The van der Waals surface area contributed by atoms with E-state index in [0.717, 1.165) is 0 Å². The zero-order valence-electron chi connectivity index (χ0n) is 10.7. The Balaban J connectivity index is 2.14. The molecule has 2 saturated heterocycles. The van der Waals surface area contributed by atoms with Gasteiger partial charge in [0, 0.05) is 26.6 Å². The summed E-state index contributed by atoms with van der Waals surface area (Å²) in [6, 6.07) is 0. The van der Waals surface area contributed by atoms with E-state index in [1.165, 1.54) is 9.80 Å². The molecule has 2 unspecified atom stereocenters. The van der Waals surface area contributed by atoms with Crippen molar-refractivity contribution in [2.75, 3.05) is 20.1 Å². The lowest BCUT2D eigenvalue weighted by Crippen LogP contribution is -2.52. The van der Waals surface area contributed by atoms with Crippen LogP contribution in [0.3, 0.4) is 0 Å². The van der Waals surface area contributed by atoms with Gasteiger partial charge in [-0.05, 0) is 19.8 Å². The smallest absolute Gasteiger partial charge is 0.329 e. The molecule has 18 heavy (non-hydrogen) atoms. The number of carboxylic acids is 1. The lowest BCUT2D eigenvalue weighted by atomic mass is 9.97. The summed E-state index contributed by atoms with van der Waals surface area (Å²) in [5, 5.41) is 9.27. The molecule has 0 spiro atoms. The number of aliphatic carboxylic acids is 1. The van der Waals surface area contributed by atoms with Gasteiger partial charge in [-0.1, -0.05) is 0 Å². The highest BCUT2D eigenvalue weighted by molar-refractivity contribution is 5.92. The van der Waals surface area contributed by atoms with Gasteiger partial charge >= 0.3 is 5.97 Å². The number of carbonyl (C=O) groups excluding carboxylic acids is 2. The van der Waals surface area contributed by atoms with Crippen molar-refractivity contribution in [2.24, 2.45) is 5.92 Å². The molecule has 2 fully saturated rings. The summed E-state index contributed by atoms with van der Waals surface area (Å²) in [6.07, 6.45) is 1.37. The number of likely N-dealkylation sites (tertiary alicyclic amines) is 2. The van der Waals surface area contributed by atoms with Crippen LogP contribution >= 0.6 is 0 Å². The quantitative estimate of drug-likeness (QED) is 0.748. The molecule has 1 N–H and O–H groups in total. The van der Waals surface area contributed by atoms with Gasteiger partial charge in [0.15, 0.2) is 0 Å². The Morgan fingerprint density at radius 1 is 1.44 bits per heavy atom. The van der Waals surface area contributed by atoms with Crippen molar-refractivity contribution in [3.8, 4) is 0 Å². The van der Waals surface area contributed by atoms with Crippen molar-refractivity contribution >= 4 is 17.8 Å². The second kappa shape index (κ2) is 4.26. The third-order valence-electron chi connectivity index (χ3n) is 4.06. The molecule has 0 aliphatic carbocycles. The first-order valence-corrected chi connectivity index (χ1v) is 6.15. The number of amides is 2. The van der Waals surface area contributed by atoms with Crippen LogP contribution < -0.4 is 0 Å². The van der Waals surface area contributed by atoms with Crippen LogP contribution in [0.1, 0.15) is 26.2 Å². The molecule has 0 radical (unpaired) electrons. The number of carboxylic acid groups (broad SMARTS) is 1. The van der Waals surface area contributed by atoms with E-state index in [9.17, 15) is 19.5 Å². The third-order valence-corrected chi connectivity index (χ3v) is 4.06. The van der Waals surface area contributed by atoms with Gasteiger partial charge in [0.1, 0.15) is 5.54 Å². The number of hydrogen-bond donors (Lipinski definition) is 1. The van der Waals surface area contributed by atoms with Crippen LogP contribution in [-0.2, 0) is 14.4 Å².